The molecule has 2 aromatic heterocycles. The van der Waals surface area contributed by atoms with Crippen LogP contribution in [0.2, 0.25) is 0 Å². The fourth-order valence-electron chi connectivity index (χ4n) is 4.34. The largest absolute Gasteiger partial charge is 0.325 e. The lowest BCUT2D eigenvalue weighted by molar-refractivity contribution is 0.776. The second kappa shape index (κ2) is 7.45. The van der Waals surface area contributed by atoms with Crippen molar-refractivity contribution in [3.8, 4) is 28.5 Å². The zero-order valence-corrected chi connectivity index (χ0v) is 17.7. The highest BCUT2D eigenvalue weighted by atomic mass is 16.1. The third kappa shape index (κ3) is 2.89. The number of rotatable bonds is 3. The van der Waals surface area contributed by atoms with Crippen molar-refractivity contribution in [2.75, 3.05) is 0 Å². The van der Waals surface area contributed by atoms with Gasteiger partial charge < -0.3 is 5.73 Å². The van der Waals surface area contributed by atoms with Crippen LogP contribution in [-0.2, 0) is 13.6 Å². The van der Waals surface area contributed by atoms with E-state index in [2.05, 4.69) is 21.4 Å². The maximum absolute atomic E-state index is 12.2. The van der Waals surface area contributed by atoms with Crippen LogP contribution in [0.1, 0.15) is 16.8 Å². The predicted octanol–water partition coefficient (Wildman–Crippen LogP) is 3.78. The molecular formula is C25H20N6O. The average Bonchev–Trinajstić information content (AvgIpc) is 3.19. The van der Waals surface area contributed by atoms with Gasteiger partial charge in [0, 0.05) is 35.5 Å². The summed E-state index contributed by atoms with van der Waals surface area (Å²) < 4.78 is 1.78. The number of nitrogens with two attached hydrogens (primary N) is 1. The van der Waals surface area contributed by atoms with E-state index in [-0.39, 0.29) is 12.1 Å². The third-order valence-corrected chi connectivity index (χ3v) is 5.96. The molecule has 7 nitrogen and oxygen atoms in total. The van der Waals surface area contributed by atoms with Crippen molar-refractivity contribution in [1.29, 1.82) is 5.26 Å². The Labute approximate surface area is 183 Å². The SMILES string of the molecule is Cc1cccc2c(C#N)c(-c3c(-c4ccc5c(=O)[nH]nc(CN)c5c4)cnn3C)ccc12. The van der Waals surface area contributed by atoms with Crippen LogP contribution in [0.25, 0.3) is 43.9 Å². The molecule has 0 radical (unpaired) electrons. The molecule has 0 aliphatic carbocycles. The van der Waals surface area contributed by atoms with E-state index in [1.54, 1.807) is 16.9 Å². The van der Waals surface area contributed by atoms with Crippen LogP contribution >= 0.6 is 0 Å². The van der Waals surface area contributed by atoms with Gasteiger partial charge in [0.2, 0.25) is 0 Å². The maximum Gasteiger partial charge on any atom is 0.272 e. The summed E-state index contributed by atoms with van der Waals surface area (Å²) in [5.74, 6) is 0. The normalized spacial score (nSPS) is 11.2. The molecule has 3 aromatic carbocycles. The van der Waals surface area contributed by atoms with Crippen LogP contribution in [0.4, 0.5) is 0 Å². The van der Waals surface area contributed by atoms with Crippen LogP contribution < -0.4 is 11.3 Å². The molecule has 2 heterocycles. The van der Waals surface area contributed by atoms with Gasteiger partial charge in [0.05, 0.1) is 28.5 Å². The summed E-state index contributed by atoms with van der Waals surface area (Å²) in [7, 11) is 1.86. The Kier molecular flexibility index (Phi) is 4.58. The first-order chi connectivity index (χ1) is 15.5. The van der Waals surface area contributed by atoms with Crippen molar-refractivity contribution in [2.24, 2.45) is 12.8 Å². The minimum atomic E-state index is -0.258. The lowest BCUT2D eigenvalue weighted by Crippen LogP contribution is -2.13. The van der Waals surface area contributed by atoms with Crippen LogP contribution in [0, 0.1) is 18.3 Å². The Hall–Kier alpha value is -4.28. The third-order valence-electron chi connectivity index (χ3n) is 5.96. The molecular weight excluding hydrogens is 400 g/mol. The summed E-state index contributed by atoms with van der Waals surface area (Å²) in [5.41, 5.74) is 11.3. The molecule has 5 rings (SSSR count). The monoisotopic (exact) mass is 420 g/mol. The number of fused-ring (bicyclic) bond motifs is 2. The molecule has 0 fully saturated rings. The first kappa shape index (κ1) is 19.7. The first-order valence-corrected chi connectivity index (χ1v) is 10.2. The van der Waals surface area contributed by atoms with Gasteiger partial charge in [-0.2, -0.15) is 15.5 Å². The zero-order chi connectivity index (χ0) is 22.4. The van der Waals surface area contributed by atoms with E-state index in [4.69, 9.17) is 5.73 Å². The molecule has 0 amide bonds. The summed E-state index contributed by atoms with van der Waals surface area (Å²) in [6.45, 7) is 2.25. The minimum absolute atomic E-state index is 0.208. The molecule has 0 spiro atoms. The van der Waals surface area contributed by atoms with E-state index in [9.17, 15) is 10.1 Å². The Morgan fingerprint density at radius 1 is 1.06 bits per heavy atom. The van der Waals surface area contributed by atoms with Gasteiger partial charge in [0.15, 0.2) is 0 Å². The highest BCUT2D eigenvalue weighted by Gasteiger charge is 2.19. The summed E-state index contributed by atoms with van der Waals surface area (Å²) in [6.07, 6.45) is 1.78. The Morgan fingerprint density at radius 2 is 1.88 bits per heavy atom. The number of aryl methyl sites for hydroxylation is 2. The molecule has 0 aliphatic rings. The molecule has 0 bridgehead atoms. The fraction of sp³-hybridized carbons (Fsp3) is 0.120. The number of H-pyrrole nitrogens is 1. The van der Waals surface area contributed by atoms with Crippen LogP contribution in [0.3, 0.4) is 0 Å². The molecule has 32 heavy (non-hydrogen) atoms. The van der Waals surface area contributed by atoms with Gasteiger partial charge in [-0.05, 0) is 35.6 Å². The standard InChI is InChI=1S/C25H20N6O/c1-14-4-3-5-17-16(14)8-9-18(21(17)11-26)24-22(13-28-31(24)2)15-6-7-19-20(10-15)23(12-27)29-30-25(19)32/h3-10,13H,12,27H2,1-2H3,(H,30,32). The van der Waals surface area contributed by atoms with Gasteiger partial charge >= 0.3 is 0 Å². The predicted molar refractivity (Wildman–Crippen MR) is 125 cm³/mol. The van der Waals surface area contributed by atoms with Gasteiger partial charge in [0.25, 0.3) is 5.56 Å². The molecule has 3 N–H and O–H groups in total. The highest BCUT2D eigenvalue weighted by molar-refractivity contribution is 5.98. The second-order valence-corrected chi connectivity index (χ2v) is 7.76. The van der Waals surface area contributed by atoms with Crippen molar-refractivity contribution >= 4 is 21.5 Å². The second-order valence-electron chi connectivity index (χ2n) is 7.76. The average molecular weight is 420 g/mol. The summed E-state index contributed by atoms with van der Waals surface area (Å²) in [6, 6.07) is 18.0. The Bertz CT molecular complexity index is 1620. The molecule has 0 saturated heterocycles. The molecule has 0 unspecified atom stereocenters. The van der Waals surface area contributed by atoms with E-state index in [1.165, 1.54) is 0 Å². The van der Waals surface area contributed by atoms with E-state index in [0.29, 0.717) is 22.0 Å². The van der Waals surface area contributed by atoms with Crippen molar-refractivity contribution in [2.45, 2.75) is 13.5 Å². The zero-order valence-electron chi connectivity index (χ0n) is 17.7. The van der Waals surface area contributed by atoms with E-state index >= 15 is 0 Å². The van der Waals surface area contributed by atoms with Crippen LogP contribution in [0.5, 0.6) is 0 Å². The molecule has 156 valence electrons. The van der Waals surface area contributed by atoms with Gasteiger partial charge in [-0.15, -0.1) is 0 Å². The Balaban J connectivity index is 1.79. The number of aromatic nitrogens is 4. The number of nitrogens with one attached hydrogen (secondary N) is 1. The fourth-order valence-corrected chi connectivity index (χ4v) is 4.34. The number of hydrogen-bond acceptors (Lipinski definition) is 5. The molecule has 5 aromatic rings. The summed E-state index contributed by atoms with van der Waals surface area (Å²) in [4.78, 5) is 12.2. The molecule has 0 atom stereocenters. The number of nitriles is 1. The molecule has 0 aliphatic heterocycles. The van der Waals surface area contributed by atoms with Gasteiger partial charge in [-0.1, -0.05) is 36.4 Å². The number of benzene rings is 3. The van der Waals surface area contributed by atoms with Crippen molar-refractivity contribution in [3.05, 3.63) is 81.9 Å². The number of aromatic amines is 1. The first-order valence-electron chi connectivity index (χ1n) is 10.2. The smallest absolute Gasteiger partial charge is 0.272 e. The topological polar surface area (TPSA) is 113 Å². The van der Waals surface area contributed by atoms with E-state index in [0.717, 1.165) is 38.7 Å². The molecule has 7 heteroatoms. The van der Waals surface area contributed by atoms with Crippen LogP contribution in [0.15, 0.2) is 59.5 Å². The van der Waals surface area contributed by atoms with Crippen molar-refractivity contribution < 1.29 is 0 Å². The van der Waals surface area contributed by atoms with Crippen LogP contribution in [-0.4, -0.2) is 20.0 Å². The van der Waals surface area contributed by atoms with E-state index < -0.39 is 0 Å². The van der Waals surface area contributed by atoms with E-state index in [1.807, 2.05) is 56.4 Å². The molecule has 0 saturated carbocycles. The minimum Gasteiger partial charge on any atom is -0.325 e. The summed E-state index contributed by atoms with van der Waals surface area (Å²) in [5, 5.41) is 24.3. The lowest BCUT2D eigenvalue weighted by Gasteiger charge is -2.13. The number of hydrogen-bond donors (Lipinski definition) is 2. The Morgan fingerprint density at radius 3 is 2.66 bits per heavy atom. The lowest BCUT2D eigenvalue weighted by atomic mass is 9.92. The van der Waals surface area contributed by atoms with Gasteiger partial charge in [-0.25, -0.2) is 5.10 Å². The maximum atomic E-state index is 12.2. The quantitative estimate of drug-likeness (QED) is 0.461. The van der Waals surface area contributed by atoms with Crippen molar-refractivity contribution in [1.82, 2.24) is 20.0 Å². The van der Waals surface area contributed by atoms with Gasteiger partial charge in [-0.3, -0.25) is 9.48 Å². The van der Waals surface area contributed by atoms with Gasteiger partial charge in [0.1, 0.15) is 6.07 Å². The highest BCUT2D eigenvalue weighted by Crippen LogP contribution is 2.37. The summed E-state index contributed by atoms with van der Waals surface area (Å²) >= 11 is 0. The van der Waals surface area contributed by atoms with Crippen molar-refractivity contribution in [3.63, 3.8) is 0 Å². The number of nitrogens with zero attached hydrogens (tertiary/aromatic N) is 4.